The molecule has 2 N–H and O–H groups in total. The normalized spacial score (nSPS) is 11.6. The zero-order valence-electron chi connectivity index (χ0n) is 14.6. The van der Waals surface area contributed by atoms with Crippen LogP contribution in [-0.4, -0.2) is 15.3 Å². The van der Waals surface area contributed by atoms with Gasteiger partial charge in [0.2, 0.25) is 0 Å². The number of alkyl halides is 3. The molecule has 1 heterocycles. The first-order valence-electron chi connectivity index (χ1n) is 8.33. The molecule has 0 fully saturated rings. The molecule has 7 heteroatoms. The van der Waals surface area contributed by atoms with Gasteiger partial charge >= 0.3 is 6.18 Å². The molecule has 0 bridgehead atoms. The lowest BCUT2D eigenvalue weighted by Gasteiger charge is -2.13. The predicted molar refractivity (Wildman–Crippen MR) is 95.9 cm³/mol. The maximum absolute atomic E-state index is 12.8. The van der Waals surface area contributed by atoms with Crippen LogP contribution in [0.5, 0.6) is 5.75 Å². The summed E-state index contributed by atoms with van der Waals surface area (Å²) in [5.41, 5.74) is 1.80. The van der Waals surface area contributed by atoms with Gasteiger partial charge in [-0.2, -0.15) is 23.4 Å². The first kappa shape index (κ1) is 18.8. The second kappa shape index (κ2) is 7.75. The fourth-order valence-electron chi connectivity index (χ4n) is 2.78. The van der Waals surface area contributed by atoms with Crippen molar-refractivity contribution < 1.29 is 18.3 Å². The molecule has 2 aromatic carbocycles. The van der Waals surface area contributed by atoms with E-state index in [2.05, 4.69) is 15.5 Å². The van der Waals surface area contributed by atoms with Crippen molar-refractivity contribution in [2.45, 2.75) is 26.2 Å². The van der Waals surface area contributed by atoms with E-state index in [9.17, 15) is 18.3 Å². The number of phenolic OH excluding ortho intramolecular Hbond substituents is 1. The van der Waals surface area contributed by atoms with Crippen LogP contribution in [0.1, 0.15) is 22.4 Å². The molecule has 27 heavy (non-hydrogen) atoms. The van der Waals surface area contributed by atoms with Gasteiger partial charge in [0.25, 0.3) is 0 Å². The third kappa shape index (κ3) is 4.62. The van der Waals surface area contributed by atoms with E-state index in [4.69, 9.17) is 0 Å². The third-order valence-corrected chi connectivity index (χ3v) is 4.10. The minimum absolute atomic E-state index is 0.249. The Morgan fingerprint density at radius 3 is 2.30 bits per heavy atom. The van der Waals surface area contributed by atoms with Gasteiger partial charge in [0.1, 0.15) is 5.75 Å². The molecule has 0 spiro atoms. The highest BCUT2D eigenvalue weighted by molar-refractivity contribution is 5.71. The number of nitrogens with one attached hydrogen (secondary N) is 1. The Kier molecular flexibility index (Phi) is 5.41. The standard InChI is InChI=1S/C20H18F3N3O/c1-13-9-15(20(21,22)23)10-18(27)19(13)17-8-7-16(25-26-17)12-24-11-14-5-3-2-4-6-14/h2-10,24,27H,11-12H2,1H3. The largest absolute Gasteiger partial charge is 0.507 e. The van der Waals surface area contributed by atoms with Crippen molar-refractivity contribution in [2.24, 2.45) is 0 Å². The van der Waals surface area contributed by atoms with E-state index >= 15 is 0 Å². The summed E-state index contributed by atoms with van der Waals surface area (Å²) in [5.74, 6) is -0.466. The lowest BCUT2D eigenvalue weighted by Crippen LogP contribution is -2.14. The fourth-order valence-corrected chi connectivity index (χ4v) is 2.78. The minimum Gasteiger partial charge on any atom is -0.507 e. The number of aromatic nitrogens is 2. The lowest BCUT2D eigenvalue weighted by atomic mass is 10.0. The second-order valence-electron chi connectivity index (χ2n) is 6.18. The van der Waals surface area contributed by atoms with Gasteiger partial charge in [-0.3, -0.25) is 0 Å². The molecule has 3 aromatic rings. The Morgan fingerprint density at radius 1 is 0.963 bits per heavy atom. The van der Waals surface area contributed by atoms with Gasteiger partial charge in [-0.25, -0.2) is 0 Å². The zero-order valence-corrected chi connectivity index (χ0v) is 14.6. The zero-order chi connectivity index (χ0) is 19.4. The van der Waals surface area contributed by atoms with Crippen LogP contribution in [0.4, 0.5) is 13.2 Å². The summed E-state index contributed by atoms with van der Waals surface area (Å²) < 4.78 is 38.5. The van der Waals surface area contributed by atoms with E-state index < -0.39 is 17.5 Å². The Bertz CT molecular complexity index is 887. The quantitative estimate of drug-likeness (QED) is 0.693. The van der Waals surface area contributed by atoms with Crippen molar-refractivity contribution in [2.75, 3.05) is 0 Å². The van der Waals surface area contributed by atoms with E-state index in [1.807, 2.05) is 30.3 Å². The Hall–Kier alpha value is -2.93. The third-order valence-electron chi connectivity index (χ3n) is 4.10. The molecule has 0 atom stereocenters. The maximum atomic E-state index is 12.8. The van der Waals surface area contributed by atoms with Crippen LogP contribution in [0.15, 0.2) is 54.6 Å². The number of hydrogen-bond acceptors (Lipinski definition) is 4. The van der Waals surface area contributed by atoms with Gasteiger partial charge in [0, 0.05) is 18.7 Å². The van der Waals surface area contributed by atoms with Crippen LogP contribution in [0.3, 0.4) is 0 Å². The highest BCUT2D eigenvalue weighted by Crippen LogP contribution is 2.38. The summed E-state index contributed by atoms with van der Waals surface area (Å²) in [5, 5.41) is 21.4. The van der Waals surface area contributed by atoms with Gasteiger partial charge in [-0.1, -0.05) is 30.3 Å². The molecule has 1 aromatic heterocycles. The second-order valence-corrected chi connectivity index (χ2v) is 6.18. The number of halogens is 3. The summed E-state index contributed by atoms with van der Waals surface area (Å²) in [6, 6.07) is 15.0. The SMILES string of the molecule is Cc1cc(C(F)(F)F)cc(O)c1-c1ccc(CNCc2ccccc2)nn1. The lowest BCUT2D eigenvalue weighted by molar-refractivity contribution is -0.137. The first-order valence-corrected chi connectivity index (χ1v) is 8.33. The molecule has 4 nitrogen and oxygen atoms in total. The van der Waals surface area contributed by atoms with Crippen LogP contribution in [0.25, 0.3) is 11.3 Å². The summed E-state index contributed by atoms with van der Waals surface area (Å²) in [6.45, 7) is 2.69. The van der Waals surface area contributed by atoms with Gasteiger partial charge in [-0.05, 0) is 42.3 Å². The van der Waals surface area contributed by atoms with Crippen molar-refractivity contribution in [3.63, 3.8) is 0 Å². The van der Waals surface area contributed by atoms with Crippen molar-refractivity contribution in [1.29, 1.82) is 0 Å². The molecule has 0 saturated carbocycles. The molecule has 0 saturated heterocycles. The van der Waals surface area contributed by atoms with E-state index in [0.29, 0.717) is 30.5 Å². The van der Waals surface area contributed by atoms with Gasteiger partial charge in [0.05, 0.1) is 17.0 Å². The summed E-state index contributed by atoms with van der Waals surface area (Å²) in [6.07, 6.45) is -4.51. The average Bonchev–Trinajstić information content (AvgIpc) is 2.62. The number of nitrogens with zero attached hydrogens (tertiary/aromatic N) is 2. The van der Waals surface area contributed by atoms with Crippen LogP contribution >= 0.6 is 0 Å². The molecule has 0 radical (unpaired) electrons. The summed E-state index contributed by atoms with van der Waals surface area (Å²) in [4.78, 5) is 0. The molecule has 140 valence electrons. The van der Waals surface area contributed by atoms with Crippen molar-refractivity contribution in [3.05, 3.63) is 77.0 Å². The summed E-state index contributed by atoms with van der Waals surface area (Å²) in [7, 11) is 0. The van der Waals surface area contributed by atoms with Crippen molar-refractivity contribution in [3.8, 4) is 17.0 Å². The number of aryl methyl sites for hydroxylation is 1. The van der Waals surface area contributed by atoms with E-state index in [-0.39, 0.29) is 11.1 Å². The first-order chi connectivity index (χ1) is 12.8. The number of rotatable bonds is 5. The van der Waals surface area contributed by atoms with E-state index in [0.717, 1.165) is 11.6 Å². The summed E-state index contributed by atoms with van der Waals surface area (Å²) >= 11 is 0. The van der Waals surface area contributed by atoms with Gasteiger partial charge in [-0.15, -0.1) is 0 Å². The van der Waals surface area contributed by atoms with Crippen LogP contribution < -0.4 is 5.32 Å². The smallest absolute Gasteiger partial charge is 0.416 e. The molecular formula is C20H18F3N3O. The Balaban J connectivity index is 1.72. The maximum Gasteiger partial charge on any atom is 0.416 e. The van der Waals surface area contributed by atoms with Crippen LogP contribution in [0.2, 0.25) is 0 Å². The Morgan fingerprint density at radius 2 is 1.70 bits per heavy atom. The highest BCUT2D eigenvalue weighted by Gasteiger charge is 2.32. The molecule has 0 aliphatic rings. The topological polar surface area (TPSA) is 58.0 Å². The molecule has 0 aliphatic carbocycles. The number of aromatic hydroxyl groups is 1. The van der Waals surface area contributed by atoms with Crippen molar-refractivity contribution in [1.82, 2.24) is 15.5 Å². The molecule has 0 aliphatic heterocycles. The molecule has 3 rings (SSSR count). The number of benzene rings is 2. The van der Waals surface area contributed by atoms with Crippen LogP contribution in [-0.2, 0) is 19.3 Å². The number of phenols is 1. The highest BCUT2D eigenvalue weighted by atomic mass is 19.4. The fraction of sp³-hybridized carbons (Fsp3) is 0.200. The van der Waals surface area contributed by atoms with Gasteiger partial charge < -0.3 is 10.4 Å². The number of hydrogen-bond donors (Lipinski definition) is 2. The molecule has 0 amide bonds. The molecular weight excluding hydrogens is 355 g/mol. The Labute approximate surface area is 154 Å². The van der Waals surface area contributed by atoms with E-state index in [1.165, 1.54) is 6.92 Å². The minimum atomic E-state index is -4.51. The average molecular weight is 373 g/mol. The predicted octanol–water partition coefficient (Wildman–Crippen LogP) is 4.47. The molecule has 0 unspecified atom stereocenters. The van der Waals surface area contributed by atoms with Gasteiger partial charge in [0.15, 0.2) is 0 Å². The monoisotopic (exact) mass is 373 g/mol. The van der Waals surface area contributed by atoms with Crippen LogP contribution in [0, 0.1) is 6.92 Å². The van der Waals surface area contributed by atoms with Crippen molar-refractivity contribution >= 4 is 0 Å². The van der Waals surface area contributed by atoms with E-state index in [1.54, 1.807) is 12.1 Å².